The molecule has 0 saturated heterocycles. The minimum atomic E-state index is -4.33. The number of rotatable bonds is 2. The van der Waals surface area contributed by atoms with Crippen molar-refractivity contribution in [3.63, 3.8) is 0 Å². The standard InChI is InChI=1S/C16H21F3O/c1-11-8-14(2,3)10-15(11,20)9-12-5-4-6-13(7-12)16(17,18)19/h4-7,11,20H,8-10H2,1-3H3. The normalized spacial score (nSPS) is 29.6. The SMILES string of the molecule is CC1CC(C)(C)CC1(O)Cc1cccc(C(F)(F)F)c1. The van der Waals surface area contributed by atoms with E-state index in [4.69, 9.17) is 0 Å². The first-order valence-corrected chi connectivity index (χ1v) is 6.90. The van der Waals surface area contributed by atoms with Gasteiger partial charge in [0, 0.05) is 6.42 Å². The maximum Gasteiger partial charge on any atom is 0.416 e. The van der Waals surface area contributed by atoms with E-state index >= 15 is 0 Å². The van der Waals surface area contributed by atoms with Crippen LogP contribution in [0.2, 0.25) is 0 Å². The Morgan fingerprint density at radius 3 is 2.45 bits per heavy atom. The summed E-state index contributed by atoms with van der Waals surface area (Å²) in [6.45, 7) is 6.16. The molecule has 0 spiro atoms. The first kappa shape index (κ1) is 15.4. The van der Waals surface area contributed by atoms with E-state index in [1.807, 2.05) is 6.92 Å². The topological polar surface area (TPSA) is 20.2 Å². The highest BCUT2D eigenvalue weighted by molar-refractivity contribution is 5.27. The Hall–Kier alpha value is -1.03. The van der Waals surface area contributed by atoms with E-state index in [2.05, 4.69) is 13.8 Å². The summed E-state index contributed by atoms with van der Waals surface area (Å²) >= 11 is 0. The summed E-state index contributed by atoms with van der Waals surface area (Å²) in [5.74, 6) is 0.0899. The van der Waals surface area contributed by atoms with E-state index in [9.17, 15) is 18.3 Å². The summed E-state index contributed by atoms with van der Waals surface area (Å²) in [6.07, 6.45) is -2.54. The van der Waals surface area contributed by atoms with Gasteiger partial charge in [0.2, 0.25) is 0 Å². The molecule has 0 aliphatic heterocycles. The van der Waals surface area contributed by atoms with Crippen molar-refractivity contribution in [2.24, 2.45) is 11.3 Å². The molecule has 2 atom stereocenters. The molecule has 1 aliphatic rings. The molecular formula is C16H21F3O. The highest BCUT2D eigenvalue weighted by Gasteiger charge is 2.47. The molecular weight excluding hydrogens is 265 g/mol. The lowest BCUT2D eigenvalue weighted by atomic mass is 9.84. The zero-order chi connectivity index (χ0) is 15.2. The quantitative estimate of drug-likeness (QED) is 0.852. The van der Waals surface area contributed by atoms with Crippen molar-refractivity contribution in [2.45, 2.75) is 51.8 Å². The molecule has 1 saturated carbocycles. The molecule has 1 aromatic carbocycles. The van der Waals surface area contributed by atoms with Crippen molar-refractivity contribution >= 4 is 0 Å². The van der Waals surface area contributed by atoms with E-state index in [0.717, 1.165) is 18.6 Å². The summed E-state index contributed by atoms with van der Waals surface area (Å²) in [5, 5.41) is 10.8. The molecule has 0 heterocycles. The predicted molar refractivity (Wildman–Crippen MR) is 72.3 cm³/mol. The number of aliphatic hydroxyl groups is 1. The van der Waals surface area contributed by atoms with Crippen LogP contribution in [0.3, 0.4) is 0 Å². The smallest absolute Gasteiger partial charge is 0.389 e. The van der Waals surface area contributed by atoms with Gasteiger partial charge in [0.05, 0.1) is 11.2 Å². The molecule has 1 N–H and O–H groups in total. The maximum atomic E-state index is 12.7. The van der Waals surface area contributed by atoms with Gasteiger partial charge in [-0.3, -0.25) is 0 Å². The van der Waals surface area contributed by atoms with Crippen molar-refractivity contribution in [2.75, 3.05) is 0 Å². The number of hydrogen-bond acceptors (Lipinski definition) is 1. The zero-order valence-corrected chi connectivity index (χ0v) is 12.1. The third-order valence-electron chi connectivity index (χ3n) is 4.33. The molecule has 0 bridgehead atoms. The van der Waals surface area contributed by atoms with Crippen LogP contribution in [0.4, 0.5) is 13.2 Å². The van der Waals surface area contributed by atoms with Crippen molar-refractivity contribution in [1.29, 1.82) is 0 Å². The Morgan fingerprint density at radius 2 is 1.95 bits per heavy atom. The van der Waals surface area contributed by atoms with Gasteiger partial charge in [-0.25, -0.2) is 0 Å². The second-order valence-electron chi connectivity index (χ2n) is 6.92. The van der Waals surface area contributed by atoms with E-state index < -0.39 is 17.3 Å². The molecule has 2 rings (SSSR count). The van der Waals surface area contributed by atoms with Gasteiger partial charge in [0.1, 0.15) is 0 Å². The second kappa shape index (κ2) is 4.76. The van der Waals surface area contributed by atoms with Gasteiger partial charge in [-0.1, -0.05) is 39.0 Å². The molecule has 1 nitrogen and oxygen atoms in total. The lowest BCUT2D eigenvalue weighted by Crippen LogP contribution is -2.34. The van der Waals surface area contributed by atoms with Crippen LogP contribution in [0, 0.1) is 11.3 Å². The van der Waals surface area contributed by atoms with Crippen LogP contribution < -0.4 is 0 Å². The van der Waals surface area contributed by atoms with Crippen molar-refractivity contribution < 1.29 is 18.3 Å². The van der Waals surface area contributed by atoms with Crippen molar-refractivity contribution in [3.8, 4) is 0 Å². The van der Waals surface area contributed by atoms with Crippen LogP contribution >= 0.6 is 0 Å². The fourth-order valence-electron chi connectivity index (χ4n) is 3.54. The largest absolute Gasteiger partial charge is 0.416 e. The minimum Gasteiger partial charge on any atom is -0.389 e. The third-order valence-corrected chi connectivity index (χ3v) is 4.33. The van der Waals surface area contributed by atoms with Gasteiger partial charge in [0.15, 0.2) is 0 Å². The summed E-state index contributed by atoms with van der Waals surface area (Å²) in [6, 6.07) is 5.28. The highest BCUT2D eigenvalue weighted by atomic mass is 19.4. The monoisotopic (exact) mass is 286 g/mol. The van der Waals surface area contributed by atoms with Gasteiger partial charge in [0.25, 0.3) is 0 Å². The lowest BCUT2D eigenvalue weighted by Gasteiger charge is -2.29. The van der Waals surface area contributed by atoms with Gasteiger partial charge < -0.3 is 5.11 Å². The number of halogens is 3. The molecule has 112 valence electrons. The molecule has 0 aromatic heterocycles. The molecule has 1 aliphatic carbocycles. The molecule has 1 fully saturated rings. The van der Waals surface area contributed by atoms with Crippen LogP contribution in [0.15, 0.2) is 24.3 Å². The Kier molecular flexibility index (Phi) is 3.66. The summed E-state index contributed by atoms with van der Waals surface area (Å²) in [5.41, 5.74) is -0.973. The number of hydrogen-bond donors (Lipinski definition) is 1. The lowest BCUT2D eigenvalue weighted by molar-refractivity contribution is -0.137. The minimum absolute atomic E-state index is 0.0375. The van der Waals surface area contributed by atoms with E-state index in [1.54, 1.807) is 6.07 Å². The van der Waals surface area contributed by atoms with E-state index in [-0.39, 0.29) is 17.8 Å². The van der Waals surface area contributed by atoms with Gasteiger partial charge in [-0.2, -0.15) is 13.2 Å². The number of alkyl halides is 3. The highest BCUT2D eigenvalue weighted by Crippen LogP contribution is 2.48. The molecule has 0 amide bonds. The average molecular weight is 286 g/mol. The van der Waals surface area contributed by atoms with Gasteiger partial charge in [-0.15, -0.1) is 0 Å². The van der Waals surface area contributed by atoms with Crippen LogP contribution in [-0.4, -0.2) is 10.7 Å². The second-order valence-corrected chi connectivity index (χ2v) is 6.92. The third kappa shape index (κ3) is 3.17. The Balaban J connectivity index is 2.22. The Morgan fingerprint density at radius 1 is 1.30 bits per heavy atom. The summed E-state index contributed by atoms with van der Waals surface area (Å²) in [7, 11) is 0. The van der Waals surface area contributed by atoms with Crippen molar-refractivity contribution in [1.82, 2.24) is 0 Å². The van der Waals surface area contributed by atoms with Crippen LogP contribution in [0.5, 0.6) is 0 Å². The van der Waals surface area contributed by atoms with Gasteiger partial charge in [-0.05, 0) is 35.8 Å². The molecule has 4 heteroatoms. The molecule has 0 radical (unpaired) electrons. The Bertz CT molecular complexity index is 493. The molecule has 1 aromatic rings. The van der Waals surface area contributed by atoms with Gasteiger partial charge >= 0.3 is 6.18 Å². The average Bonchev–Trinajstić information content (AvgIpc) is 2.46. The summed E-state index contributed by atoms with van der Waals surface area (Å²) < 4.78 is 38.1. The zero-order valence-electron chi connectivity index (χ0n) is 12.1. The van der Waals surface area contributed by atoms with E-state index in [0.29, 0.717) is 12.0 Å². The predicted octanol–water partition coefficient (Wildman–Crippen LogP) is 4.44. The van der Waals surface area contributed by atoms with E-state index in [1.165, 1.54) is 6.07 Å². The molecule has 20 heavy (non-hydrogen) atoms. The first-order valence-electron chi connectivity index (χ1n) is 6.90. The summed E-state index contributed by atoms with van der Waals surface area (Å²) in [4.78, 5) is 0. The van der Waals surface area contributed by atoms with Crippen LogP contribution in [-0.2, 0) is 12.6 Å². The maximum absolute atomic E-state index is 12.7. The Labute approximate surface area is 117 Å². The van der Waals surface area contributed by atoms with Crippen molar-refractivity contribution in [3.05, 3.63) is 35.4 Å². The van der Waals surface area contributed by atoms with Crippen LogP contribution in [0.1, 0.15) is 44.7 Å². The first-order chi connectivity index (χ1) is 9.02. The number of benzene rings is 1. The fourth-order valence-corrected chi connectivity index (χ4v) is 3.54. The molecule has 2 unspecified atom stereocenters. The van der Waals surface area contributed by atoms with Crippen LogP contribution in [0.25, 0.3) is 0 Å². The fraction of sp³-hybridized carbons (Fsp3) is 0.625.